The summed E-state index contributed by atoms with van der Waals surface area (Å²) in [7, 11) is 0. The van der Waals surface area contributed by atoms with Crippen LogP contribution in [-0.2, 0) is 4.79 Å². The normalized spacial score (nSPS) is 21.7. The molecule has 120 valence electrons. The summed E-state index contributed by atoms with van der Waals surface area (Å²) in [6, 6.07) is 2.14. The molecule has 0 radical (unpaired) electrons. The Labute approximate surface area is 130 Å². The highest BCUT2D eigenvalue weighted by molar-refractivity contribution is 5.92. The third kappa shape index (κ3) is 3.48. The predicted octanol–water partition coefficient (Wildman–Crippen LogP) is 1.81. The second-order valence-corrected chi connectivity index (χ2v) is 6.42. The highest BCUT2D eigenvalue weighted by Crippen LogP contribution is 2.38. The van der Waals surface area contributed by atoms with Gasteiger partial charge in [-0.15, -0.1) is 0 Å². The number of nitrogens with one attached hydrogen (secondary N) is 2. The maximum atomic E-state index is 12.2. The van der Waals surface area contributed by atoms with Crippen LogP contribution in [0.2, 0.25) is 0 Å². The molecule has 2 fully saturated rings. The summed E-state index contributed by atoms with van der Waals surface area (Å²) in [5.74, 6) is 0.479. The van der Waals surface area contributed by atoms with Gasteiger partial charge in [0, 0.05) is 37.2 Å². The van der Waals surface area contributed by atoms with Crippen molar-refractivity contribution in [2.75, 3.05) is 13.1 Å². The van der Waals surface area contributed by atoms with Crippen molar-refractivity contribution >= 4 is 11.8 Å². The van der Waals surface area contributed by atoms with Crippen LogP contribution in [0.4, 0.5) is 0 Å². The summed E-state index contributed by atoms with van der Waals surface area (Å²) < 4.78 is 0. The molecule has 0 unspecified atom stereocenters. The molecule has 22 heavy (non-hydrogen) atoms. The molecule has 1 saturated carbocycles. The molecule has 1 saturated heterocycles. The maximum absolute atomic E-state index is 12.2. The molecule has 3 rings (SSSR count). The van der Waals surface area contributed by atoms with Gasteiger partial charge in [0.05, 0.1) is 0 Å². The lowest BCUT2D eigenvalue weighted by Crippen LogP contribution is -2.43. The molecule has 6 nitrogen and oxygen atoms in total. The molecule has 6 heteroatoms. The molecule has 1 atom stereocenters. The SMILES string of the molecule is C[C@H]1CCCCN1C(=O)CCNC(=O)c1cc(C2CC2)[nH]n1. The third-order valence-electron chi connectivity index (χ3n) is 4.60. The number of nitrogens with zero attached hydrogens (tertiary/aromatic N) is 2. The number of rotatable bonds is 5. The van der Waals surface area contributed by atoms with Gasteiger partial charge in [0.25, 0.3) is 5.91 Å². The smallest absolute Gasteiger partial charge is 0.271 e. The van der Waals surface area contributed by atoms with Crippen molar-refractivity contribution in [3.8, 4) is 0 Å². The first-order valence-electron chi connectivity index (χ1n) is 8.28. The van der Waals surface area contributed by atoms with E-state index in [0.29, 0.717) is 30.6 Å². The molecule has 0 aromatic carbocycles. The zero-order valence-corrected chi connectivity index (χ0v) is 13.1. The predicted molar refractivity (Wildman–Crippen MR) is 82.5 cm³/mol. The second-order valence-electron chi connectivity index (χ2n) is 6.42. The topological polar surface area (TPSA) is 78.1 Å². The Kier molecular flexibility index (Phi) is 4.45. The third-order valence-corrected chi connectivity index (χ3v) is 4.60. The van der Waals surface area contributed by atoms with Crippen molar-refractivity contribution in [3.63, 3.8) is 0 Å². The van der Waals surface area contributed by atoms with Crippen molar-refractivity contribution in [2.45, 2.75) is 57.4 Å². The Balaban J connectivity index is 1.43. The number of carbonyl (C=O) groups is 2. The summed E-state index contributed by atoms with van der Waals surface area (Å²) >= 11 is 0. The van der Waals surface area contributed by atoms with Gasteiger partial charge in [-0.05, 0) is 45.1 Å². The van der Waals surface area contributed by atoms with Crippen molar-refractivity contribution in [3.05, 3.63) is 17.5 Å². The number of likely N-dealkylation sites (tertiary alicyclic amines) is 1. The van der Waals surface area contributed by atoms with Crippen LogP contribution in [0, 0.1) is 0 Å². The van der Waals surface area contributed by atoms with Crippen LogP contribution in [0.5, 0.6) is 0 Å². The lowest BCUT2D eigenvalue weighted by atomic mass is 10.0. The van der Waals surface area contributed by atoms with E-state index in [1.165, 1.54) is 19.3 Å². The Morgan fingerprint density at radius 3 is 2.91 bits per heavy atom. The lowest BCUT2D eigenvalue weighted by molar-refractivity contribution is -0.134. The van der Waals surface area contributed by atoms with Crippen LogP contribution < -0.4 is 5.32 Å². The maximum Gasteiger partial charge on any atom is 0.271 e. The van der Waals surface area contributed by atoms with Crippen LogP contribution in [-0.4, -0.2) is 46.0 Å². The van der Waals surface area contributed by atoms with Crippen molar-refractivity contribution in [2.24, 2.45) is 0 Å². The van der Waals surface area contributed by atoms with E-state index in [4.69, 9.17) is 0 Å². The standard InChI is InChI=1S/C16H24N4O2/c1-11-4-2-3-9-20(11)15(21)7-8-17-16(22)14-10-13(18-19-14)12-5-6-12/h10-12H,2-9H2,1H3,(H,17,22)(H,18,19)/t11-/m0/s1. The van der Waals surface area contributed by atoms with E-state index < -0.39 is 0 Å². The van der Waals surface area contributed by atoms with Gasteiger partial charge in [0.15, 0.2) is 0 Å². The molecule has 2 N–H and O–H groups in total. The van der Waals surface area contributed by atoms with Gasteiger partial charge >= 0.3 is 0 Å². The first kappa shape index (κ1) is 15.1. The van der Waals surface area contributed by atoms with Crippen LogP contribution in [0.25, 0.3) is 0 Å². The second kappa shape index (κ2) is 6.50. The molecular weight excluding hydrogens is 280 g/mol. The van der Waals surface area contributed by atoms with Crippen LogP contribution in [0.15, 0.2) is 6.07 Å². The average molecular weight is 304 g/mol. The molecule has 2 heterocycles. The zero-order chi connectivity index (χ0) is 15.5. The quantitative estimate of drug-likeness (QED) is 0.871. The minimum Gasteiger partial charge on any atom is -0.350 e. The highest BCUT2D eigenvalue weighted by Gasteiger charge is 2.26. The zero-order valence-electron chi connectivity index (χ0n) is 13.1. The van der Waals surface area contributed by atoms with E-state index >= 15 is 0 Å². The van der Waals surface area contributed by atoms with Crippen molar-refractivity contribution < 1.29 is 9.59 Å². The number of piperidine rings is 1. The number of H-pyrrole nitrogens is 1. The number of aromatic amines is 1. The summed E-state index contributed by atoms with van der Waals surface area (Å²) in [5.41, 5.74) is 1.46. The van der Waals surface area contributed by atoms with Crippen LogP contribution >= 0.6 is 0 Å². The Morgan fingerprint density at radius 2 is 2.18 bits per heavy atom. The van der Waals surface area contributed by atoms with E-state index in [1.807, 2.05) is 11.0 Å². The number of hydrogen-bond donors (Lipinski definition) is 2. The number of carbonyl (C=O) groups excluding carboxylic acids is 2. The van der Waals surface area contributed by atoms with Gasteiger partial charge in [-0.3, -0.25) is 14.7 Å². The lowest BCUT2D eigenvalue weighted by Gasteiger charge is -2.33. The monoisotopic (exact) mass is 304 g/mol. The molecule has 1 aromatic heterocycles. The minimum absolute atomic E-state index is 0.133. The molecule has 1 aromatic rings. The first-order valence-corrected chi connectivity index (χ1v) is 8.28. The van der Waals surface area contributed by atoms with Crippen molar-refractivity contribution in [1.82, 2.24) is 20.4 Å². The van der Waals surface area contributed by atoms with Crippen LogP contribution in [0.3, 0.4) is 0 Å². The van der Waals surface area contributed by atoms with Gasteiger partial charge in [0.2, 0.25) is 5.91 Å². The van der Waals surface area contributed by atoms with Crippen molar-refractivity contribution in [1.29, 1.82) is 0 Å². The molecule has 2 aliphatic rings. The number of hydrogen-bond acceptors (Lipinski definition) is 3. The van der Waals surface area contributed by atoms with E-state index in [1.54, 1.807) is 0 Å². The Morgan fingerprint density at radius 1 is 1.36 bits per heavy atom. The van der Waals surface area contributed by atoms with E-state index in [2.05, 4.69) is 22.4 Å². The molecule has 1 aliphatic carbocycles. The molecule has 1 aliphatic heterocycles. The van der Waals surface area contributed by atoms with Crippen LogP contribution in [0.1, 0.15) is 67.5 Å². The summed E-state index contributed by atoms with van der Waals surface area (Å²) in [6.07, 6.45) is 6.06. The number of aromatic nitrogens is 2. The fraction of sp³-hybridized carbons (Fsp3) is 0.688. The van der Waals surface area contributed by atoms with Gasteiger partial charge in [-0.2, -0.15) is 5.10 Å². The summed E-state index contributed by atoms with van der Waals surface area (Å²) in [4.78, 5) is 26.1. The largest absolute Gasteiger partial charge is 0.350 e. The summed E-state index contributed by atoms with van der Waals surface area (Å²) in [5, 5.41) is 9.75. The molecule has 2 amide bonds. The molecule has 0 bridgehead atoms. The van der Waals surface area contributed by atoms with Gasteiger partial charge in [-0.1, -0.05) is 0 Å². The van der Waals surface area contributed by atoms with Gasteiger partial charge in [-0.25, -0.2) is 0 Å². The molecule has 0 spiro atoms. The Bertz CT molecular complexity index is 550. The van der Waals surface area contributed by atoms with E-state index in [0.717, 1.165) is 25.1 Å². The van der Waals surface area contributed by atoms with E-state index in [-0.39, 0.29) is 11.8 Å². The number of amides is 2. The highest BCUT2D eigenvalue weighted by atomic mass is 16.2. The van der Waals surface area contributed by atoms with Gasteiger partial charge < -0.3 is 10.2 Å². The average Bonchev–Trinajstić information content (AvgIpc) is 3.24. The fourth-order valence-electron chi connectivity index (χ4n) is 3.04. The van der Waals surface area contributed by atoms with E-state index in [9.17, 15) is 9.59 Å². The first-order chi connectivity index (χ1) is 10.6. The minimum atomic E-state index is -0.206. The van der Waals surface area contributed by atoms with Gasteiger partial charge in [0.1, 0.15) is 5.69 Å². The molecular formula is C16H24N4O2. The fourth-order valence-corrected chi connectivity index (χ4v) is 3.04. The Hall–Kier alpha value is -1.85. The summed E-state index contributed by atoms with van der Waals surface area (Å²) in [6.45, 7) is 3.31.